The van der Waals surface area contributed by atoms with Crippen LogP contribution in [0.5, 0.6) is 0 Å². The maximum Gasteiger partial charge on any atom is 0.313 e. The molecular weight excluding hydrogens is 539 g/mol. The van der Waals surface area contributed by atoms with Gasteiger partial charge in [0, 0.05) is 25.4 Å². The Bertz CT molecular complexity index is 1240. The average Bonchev–Trinajstić information content (AvgIpc) is 3.03. The van der Waals surface area contributed by atoms with Gasteiger partial charge in [-0.15, -0.1) is 0 Å². The first kappa shape index (κ1) is 26.5. The lowest BCUT2D eigenvalue weighted by atomic mass is 9.77. The monoisotopic (exact) mass is 568 g/mol. The summed E-state index contributed by atoms with van der Waals surface area (Å²) >= 11 is 0. The molecule has 0 spiro atoms. The van der Waals surface area contributed by atoms with Crippen molar-refractivity contribution in [2.45, 2.75) is 78.4 Å². The van der Waals surface area contributed by atoms with Crippen molar-refractivity contribution < 1.29 is 28.7 Å². The van der Waals surface area contributed by atoms with Crippen molar-refractivity contribution in [3.05, 3.63) is 23.9 Å². The molecule has 2 aliphatic heterocycles. The number of aliphatic hydroxyl groups excluding tert-OH is 1. The highest BCUT2D eigenvalue weighted by molar-refractivity contribution is 8.45. The number of piperidine rings is 1. The molecule has 206 valence electrons. The number of hydrogen-bond acceptors (Lipinski definition) is 8. The van der Waals surface area contributed by atoms with Crippen molar-refractivity contribution in [2.24, 2.45) is 0 Å². The van der Waals surface area contributed by atoms with E-state index in [4.69, 9.17) is 9.97 Å². The van der Waals surface area contributed by atoms with Gasteiger partial charge >= 0.3 is 10.2 Å². The number of hydrogen-bond donors (Lipinski definition) is 2. The van der Waals surface area contributed by atoms with Crippen molar-refractivity contribution in [1.29, 1.82) is 0 Å². The van der Waals surface area contributed by atoms with Crippen LogP contribution >= 0.6 is 10.2 Å². The maximum atomic E-state index is 13.2. The SMILES string of the molecule is CC1(C)Cc2nc(N3CCC(c4ncc(S(F)(F)(F)(F)F)cn4)CC3)nc(NC3(CO)CCC3)c2[S@@]1=O. The van der Waals surface area contributed by atoms with E-state index >= 15 is 0 Å². The summed E-state index contributed by atoms with van der Waals surface area (Å²) < 4.78 is 77.6. The minimum Gasteiger partial charge on any atom is -0.394 e. The highest BCUT2D eigenvalue weighted by atomic mass is 32.5. The topological polar surface area (TPSA) is 104 Å². The number of aromatic nitrogens is 4. The van der Waals surface area contributed by atoms with Gasteiger partial charge in [0.25, 0.3) is 0 Å². The first-order valence-electron chi connectivity index (χ1n) is 12.0. The molecule has 2 fully saturated rings. The normalized spacial score (nSPS) is 25.1. The molecule has 0 bridgehead atoms. The first-order valence-corrected chi connectivity index (χ1v) is 15.1. The average molecular weight is 569 g/mol. The minimum absolute atomic E-state index is 0.0661. The van der Waals surface area contributed by atoms with Crippen LogP contribution in [0.1, 0.15) is 63.4 Å². The van der Waals surface area contributed by atoms with Crippen LogP contribution < -0.4 is 10.2 Å². The molecule has 0 aromatic carbocycles. The third-order valence-electron chi connectivity index (χ3n) is 7.44. The fourth-order valence-electron chi connectivity index (χ4n) is 5.02. The molecule has 8 nitrogen and oxygen atoms in total. The molecule has 0 unspecified atom stereocenters. The van der Waals surface area contributed by atoms with E-state index in [2.05, 4.69) is 15.3 Å². The molecule has 1 aliphatic carbocycles. The van der Waals surface area contributed by atoms with Crippen molar-refractivity contribution in [3.63, 3.8) is 0 Å². The highest BCUT2D eigenvalue weighted by Gasteiger charge is 2.66. The number of nitrogens with zero attached hydrogens (tertiary/aromatic N) is 5. The molecule has 1 atom stereocenters. The first-order chi connectivity index (χ1) is 17.0. The Balaban J connectivity index is 1.36. The van der Waals surface area contributed by atoms with Gasteiger partial charge in [-0.3, -0.25) is 4.21 Å². The Morgan fingerprint density at radius 1 is 1.11 bits per heavy atom. The zero-order valence-electron chi connectivity index (χ0n) is 20.4. The second-order valence-electron chi connectivity index (χ2n) is 10.8. The minimum atomic E-state index is -9.81. The van der Waals surface area contributed by atoms with E-state index in [-0.39, 0.29) is 30.7 Å². The molecule has 3 aliphatic rings. The highest BCUT2D eigenvalue weighted by Crippen LogP contribution is 3.01. The molecule has 1 saturated carbocycles. The lowest BCUT2D eigenvalue weighted by Gasteiger charge is -2.42. The zero-order chi connectivity index (χ0) is 26.9. The van der Waals surface area contributed by atoms with Crippen LogP contribution in [0, 0.1) is 0 Å². The Kier molecular flexibility index (Phi) is 5.68. The second kappa shape index (κ2) is 7.94. The van der Waals surface area contributed by atoms with Gasteiger partial charge in [0.1, 0.15) is 21.4 Å². The molecule has 2 aromatic rings. The van der Waals surface area contributed by atoms with E-state index in [1.165, 1.54) is 0 Å². The summed E-state index contributed by atoms with van der Waals surface area (Å²) in [5.74, 6) is 0.707. The molecule has 15 heteroatoms. The lowest BCUT2D eigenvalue weighted by Crippen LogP contribution is -2.49. The molecule has 0 amide bonds. The Morgan fingerprint density at radius 3 is 2.24 bits per heavy atom. The van der Waals surface area contributed by atoms with Crippen LogP contribution in [-0.4, -0.2) is 59.2 Å². The third-order valence-corrected chi connectivity index (χ3v) is 10.5. The standard InChI is InChI=1S/C22H29F5N6O2S2/c1-21(2)10-16-17(36(21)35)19(32-22(13-34)6-3-7-22)31-20(30-16)33-8-4-14(5-9-33)18-28-11-15(12-29-18)37(23,24,25,26)27/h11-12,14,34H,3-10,13H2,1-2H3,(H,30,31,32)/t36-/m0/s1. The van der Waals surface area contributed by atoms with Gasteiger partial charge in [0.2, 0.25) is 5.95 Å². The third kappa shape index (κ3) is 5.01. The number of rotatable bonds is 6. The summed E-state index contributed by atoms with van der Waals surface area (Å²) in [7, 11) is -11.1. The summed E-state index contributed by atoms with van der Waals surface area (Å²) in [5, 5.41) is 13.3. The summed E-state index contributed by atoms with van der Waals surface area (Å²) in [4.78, 5) is 17.1. The van der Waals surface area contributed by atoms with Gasteiger partial charge in [0.05, 0.1) is 45.8 Å². The molecular formula is C22H29F5N6O2S2. The van der Waals surface area contributed by atoms with Crippen LogP contribution in [0.2, 0.25) is 0 Å². The summed E-state index contributed by atoms with van der Waals surface area (Å²) in [6.45, 7) is 4.66. The lowest BCUT2D eigenvalue weighted by molar-refractivity contribution is 0.143. The smallest absolute Gasteiger partial charge is 0.313 e. The predicted octanol–water partition coefficient (Wildman–Crippen LogP) is 5.08. The number of anilines is 2. The van der Waals surface area contributed by atoms with Gasteiger partial charge in [-0.1, -0.05) is 19.4 Å². The van der Waals surface area contributed by atoms with E-state index in [9.17, 15) is 28.7 Å². The van der Waals surface area contributed by atoms with Crippen molar-refractivity contribution >= 4 is 32.8 Å². The Morgan fingerprint density at radius 2 is 1.73 bits per heavy atom. The fourth-order valence-corrected chi connectivity index (χ4v) is 6.95. The van der Waals surface area contributed by atoms with Crippen LogP contribution in [0.25, 0.3) is 0 Å². The van der Waals surface area contributed by atoms with Gasteiger partial charge in [-0.2, -0.15) is 4.98 Å². The van der Waals surface area contributed by atoms with Crippen molar-refractivity contribution in [2.75, 3.05) is 29.9 Å². The summed E-state index contributed by atoms with van der Waals surface area (Å²) in [6, 6.07) is 0. The predicted molar refractivity (Wildman–Crippen MR) is 131 cm³/mol. The van der Waals surface area contributed by atoms with Gasteiger partial charge in [-0.05, 0) is 46.0 Å². The molecule has 2 N–H and O–H groups in total. The number of fused-ring (bicyclic) bond motifs is 1. The largest absolute Gasteiger partial charge is 0.394 e. The van der Waals surface area contributed by atoms with Crippen LogP contribution in [-0.2, 0) is 17.2 Å². The van der Waals surface area contributed by atoms with E-state index in [0.717, 1.165) is 19.3 Å². The zero-order valence-corrected chi connectivity index (χ0v) is 22.0. The second-order valence-corrected chi connectivity index (χ2v) is 15.2. The summed E-state index contributed by atoms with van der Waals surface area (Å²) in [5.41, 5.74) is 0.197. The molecule has 1 saturated heterocycles. The Hall–Kier alpha value is -2.13. The molecule has 5 rings (SSSR count). The van der Waals surface area contributed by atoms with Gasteiger partial charge in [0.15, 0.2) is 0 Å². The maximum absolute atomic E-state index is 13.2. The molecule has 37 heavy (non-hydrogen) atoms. The molecule has 2 aromatic heterocycles. The van der Waals surface area contributed by atoms with Crippen molar-refractivity contribution in [3.8, 4) is 0 Å². The van der Waals surface area contributed by atoms with E-state index in [0.29, 0.717) is 54.7 Å². The van der Waals surface area contributed by atoms with Crippen LogP contribution in [0.4, 0.5) is 31.2 Å². The quantitative estimate of drug-likeness (QED) is 0.466. The van der Waals surface area contributed by atoms with E-state index in [1.807, 2.05) is 18.7 Å². The van der Waals surface area contributed by atoms with Crippen LogP contribution in [0.3, 0.4) is 0 Å². The van der Waals surface area contributed by atoms with E-state index in [1.54, 1.807) is 0 Å². The number of aliphatic hydroxyl groups is 1. The van der Waals surface area contributed by atoms with E-state index < -0.39 is 36.2 Å². The fraction of sp³-hybridized carbons (Fsp3) is 0.636. The Labute approximate surface area is 213 Å². The van der Waals surface area contributed by atoms with Gasteiger partial charge in [-0.25, -0.2) is 15.0 Å². The number of halogens is 5. The molecule has 4 heterocycles. The van der Waals surface area contributed by atoms with Crippen LogP contribution in [0.15, 0.2) is 22.2 Å². The van der Waals surface area contributed by atoms with Crippen molar-refractivity contribution in [1.82, 2.24) is 19.9 Å². The number of nitrogens with one attached hydrogen (secondary N) is 1. The molecule has 0 radical (unpaired) electrons. The summed E-state index contributed by atoms with van der Waals surface area (Å²) in [6.07, 6.45) is 4.30. The van der Waals surface area contributed by atoms with Gasteiger partial charge < -0.3 is 15.3 Å².